The van der Waals surface area contributed by atoms with Crippen LogP contribution in [-0.4, -0.2) is 25.1 Å². The number of hydrogen-bond donors (Lipinski definition) is 0. The standard InChI is InChI=1S/C15H20N2.2C5H5.Zr/c1-17(2)16-15-11-7-6-10-14(15)12-13-8-4-3-5-9-13;2*1-2-4-5-3-1;/h3-5,8-9,15H,6-7,10-11H2,1-2H3;2*1-5H;/q-2;;;+2. The Balaban J connectivity index is 0.000000290. The minimum absolute atomic E-state index is 0. The first kappa shape index (κ1) is 25.8. The summed E-state index contributed by atoms with van der Waals surface area (Å²) in [6.45, 7) is 0. The first-order chi connectivity index (χ1) is 13.3. The molecule has 0 saturated heterocycles. The van der Waals surface area contributed by atoms with Crippen LogP contribution in [0.4, 0.5) is 0 Å². The van der Waals surface area contributed by atoms with E-state index in [1.165, 1.54) is 24.0 Å². The van der Waals surface area contributed by atoms with Crippen molar-refractivity contribution in [2.45, 2.75) is 31.7 Å². The van der Waals surface area contributed by atoms with Gasteiger partial charge in [0.2, 0.25) is 0 Å². The van der Waals surface area contributed by atoms with Crippen LogP contribution in [0.25, 0.3) is 5.43 Å². The summed E-state index contributed by atoms with van der Waals surface area (Å²) in [6.07, 6.45) is 28.4. The van der Waals surface area contributed by atoms with Crippen LogP contribution in [-0.2, 0) is 26.2 Å². The van der Waals surface area contributed by atoms with Gasteiger partial charge >= 0.3 is 26.2 Å². The summed E-state index contributed by atoms with van der Waals surface area (Å²) in [5, 5.41) is 1.92. The van der Waals surface area contributed by atoms with Crippen LogP contribution in [0.2, 0.25) is 0 Å². The zero-order valence-electron chi connectivity index (χ0n) is 17.0. The zero-order chi connectivity index (χ0) is 19.2. The number of hydrogen-bond acceptors (Lipinski definition) is 1. The van der Waals surface area contributed by atoms with Crippen molar-refractivity contribution in [1.82, 2.24) is 5.01 Å². The van der Waals surface area contributed by atoms with Gasteiger partial charge in [-0.25, -0.2) is 0 Å². The number of rotatable bonds is 3. The van der Waals surface area contributed by atoms with E-state index >= 15 is 0 Å². The summed E-state index contributed by atoms with van der Waals surface area (Å²) in [5.74, 6) is 0. The van der Waals surface area contributed by atoms with E-state index in [-0.39, 0.29) is 26.2 Å². The van der Waals surface area contributed by atoms with E-state index in [2.05, 4.69) is 35.8 Å². The Morgan fingerprint density at radius 3 is 1.75 bits per heavy atom. The maximum absolute atomic E-state index is 4.65. The predicted octanol–water partition coefficient (Wildman–Crippen LogP) is 5.60. The molecule has 1 aromatic carbocycles. The van der Waals surface area contributed by atoms with Gasteiger partial charge < -0.3 is 10.4 Å². The first-order valence-electron chi connectivity index (χ1n) is 9.65. The van der Waals surface area contributed by atoms with E-state index in [1.54, 1.807) is 0 Å². The Labute approximate surface area is 193 Å². The molecule has 3 aliphatic carbocycles. The molecule has 1 atom stereocenters. The summed E-state index contributed by atoms with van der Waals surface area (Å²) in [7, 11) is 3.99. The van der Waals surface area contributed by atoms with Crippen LogP contribution in [0, 0.1) is 70.3 Å². The monoisotopic (exact) mass is 448 g/mol. The molecule has 0 aromatic heterocycles. The second-order valence-electron chi connectivity index (χ2n) is 6.67. The van der Waals surface area contributed by atoms with Crippen LogP contribution in [0.3, 0.4) is 0 Å². The average Bonchev–Trinajstić information content (AvgIpc) is 3.43. The fourth-order valence-electron chi connectivity index (χ4n) is 2.89. The van der Waals surface area contributed by atoms with Gasteiger partial charge in [0.15, 0.2) is 0 Å². The molecular weight excluding hydrogens is 420 g/mol. The minimum Gasteiger partial charge on any atom is -0.589 e. The first-order valence-corrected chi connectivity index (χ1v) is 9.65. The van der Waals surface area contributed by atoms with Gasteiger partial charge in [-0.2, -0.15) is 23.8 Å². The van der Waals surface area contributed by atoms with Gasteiger partial charge in [-0.05, 0) is 84.7 Å². The molecule has 2 nitrogen and oxygen atoms in total. The molecule has 1 aromatic rings. The summed E-state index contributed by atoms with van der Waals surface area (Å²) in [6, 6.07) is 10.7. The predicted molar refractivity (Wildman–Crippen MR) is 115 cm³/mol. The molecule has 28 heavy (non-hydrogen) atoms. The molecule has 3 heteroatoms. The zero-order valence-corrected chi connectivity index (χ0v) is 19.4. The molecule has 3 fully saturated rings. The van der Waals surface area contributed by atoms with Crippen molar-refractivity contribution in [3.63, 3.8) is 0 Å². The summed E-state index contributed by atoms with van der Waals surface area (Å²) in [5.41, 5.74) is 7.18. The number of nitrogens with zero attached hydrogens (tertiary/aromatic N) is 2. The third-order valence-corrected chi connectivity index (χ3v) is 4.14. The molecule has 3 aliphatic rings. The van der Waals surface area contributed by atoms with Crippen molar-refractivity contribution in [3.8, 4) is 0 Å². The average molecular weight is 450 g/mol. The Hall–Kier alpha value is -0.237. The molecule has 0 heterocycles. The Morgan fingerprint density at radius 2 is 1.29 bits per heavy atom. The van der Waals surface area contributed by atoms with E-state index in [4.69, 9.17) is 0 Å². The van der Waals surface area contributed by atoms with Crippen LogP contribution in [0.5, 0.6) is 0 Å². The Kier molecular flexibility index (Phi) is 15.2. The van der Waals surface area contributed by atoms with Gasteiger partial charge in [-0.15, -0.1) is 23.7 Å². The second-order valence-corrected chi connectivity index (χ2v) is 6.67. The smallest absolute Gasteiger partial charge is 0.589 e. The van der Waals surface area contributed by atoms with Crippen molar-refractivity contribution in [1.29, 1.82) is 0 Å². The summed E-state index contributed by atoms with van der Waals surface area (Å²) >= 11 is 0. The molecule has 0 spiro atoms. The fourth-order valence-corrected chi connectivity index (χ4v) is 2.89. The van der Waals surface area contributed by atoms with Gasteiger partial charge in [-0.3, -0.25) is 0 Å². The molecule has 0 amide bonds. The second kappa shape index (κ2) is 16.5. The van der Waals surface area contributed by atoms with Crippen LogP contribution in [0.1, 0.15) is 31.2 Å². The Morgan fingerprint density at radius 1 is 0.786 bits per heavy atom. The molecule has 0 bridgehead atoms. The summed E-state index contributed by atoms with van der Waals surface area (Å²) in [4.78, 5) is 0. The Bertz CT molecular complexity index is 479. The van der Waals surface area contributed by atoms with Crippen molar-refractivity contribution < 1.29 is 26.2 Å². The van der Waals surface area contributed by atoms with Crippen LogP contribution >= 0.6 is 0 Å². The molecular formula is C25H30N2Zr. The van der Waals surface area contributed by atoms with Crippen LogP contribution < -0.4 is 0 Å². The van der Waals surface area contributed by atoms with Crippen molar-refractivity contribution >= 4 is 0 Å². The molecule has 1 unspecified atom stereocenters. The van der Waals surface area contributed by atoms with E-state index < -0.39 is 0 Å². The van der Waals surface area contributed by atoms with Gasteiger partial charge in [0, 0.05) is 0 Å². The largest absolute Gasteiger partial charge is 2.00 e. The van der Waals surface area contributed by atoms with Crippen molar-refractivity contribution in [2.24, 2.45) is 0 Å². The normalized spacial score (nSPS) is 22.7. The van der Waals surface area contributed by atoms with Gasteiger partial charge in [0.1, 0.15) is 0 Å². The quantitative estimate of drug-likeness (QED) is 0.434. The van der Waals surface area contributed by atoms with E-state index in [9.17, 15) is 0 Å². The minimum atomic E-state index is 0. The van der Waals surface area contributed by atoms with Gasteiger partial charge in [-0.1, -0.05) is 25.3 Å². The number of benzene rings is 1. The van der Waals surface area contributed by atoms with E-state index in [0.717, 1.165) is 12.8 Å². The summed E-state index contributed by atoms with van der Waals surface area (Å²) < 4.78 is 0. The maximum atomic E-state index is 4.65. The third kappa shape index (κ3) is 11.7. The molecule has 4 rings (SSSR count). The molecule has 10 radical (unpaired) electrons. The fraction of sp³-hybridized carbons (Fsp3) is 0.280. The van der Waals surface area contributed by atoms with Gasteiger partial charge in [0.25, 0.3) is 0 Å². The van der Waals surface area contributed by atoms with Gasteiger partial charge in [0.05, 0.1) is 0 Å². The van der Waals surface area contributed by atoms with E-state index in [1.807, 2.05) is 89.4 Å². The SMILES string of the molecule is CN(C)[N-]C1CCCCC1=[C-]c1ccccc1.[CH]1[CH][CH][CH][CH]1.[CH]1[CH][CH][CH][CH]1.[Zr+2]. The van der Waals surface area contributed by atoms with Crippen LogP contribution in [0.15, 0.2) is 35.9 Å². The van der Waals surface area contributed by atoms with Crippen molar-refractivity contribution in [3.05, 3.63) is 117 Å². The third-order valence-electron chi connectivity index (χ3n) is 4.14. The molecule has 144 valence electrons. The maximum Gasteiger partial charge on any atom is 2.00 e. The van der Waals surface area contributed by atoms with Crippen molar-refractivity contribution in [2.75, 3.05) is 14.1 Å². The molecule has 0 aliphatic heterocycles. The van der Waals surface area contributed by atoms with E-state index in [0.29, 0.717) is 6.04 Å². The molecule has 0 N–H and O–H groups in total. The molecule has 3 saturated carbocycles. The topological polar surface area (TPSA) is 17.3 Å².